The van der Waals surface area contributed by atoms with E-state index in [-0.39, 0.29) is 5.78 Å². The van der Waals surface area contributed by atoms with Gasteiger partial charge in [-0.3, -0.25) is 4.79 Å². The highest BCUT2D eigenvalue weighted by Gasteiger charge is 2.26. The number of nitrogens with one attached hydrogen (secondary N) is 1. The number of carbonyl (C=O) groups excluding carboxylic acids is 1. The normalized spacial score (nSPS) is 15.2. The fraction of sp³-hybridized carbons (Fsp3) is 0.290. The number of hydrogen-bond donors (Lipinski definition) is 1. The summed E-state index contributed by atoms with van der Waals surface area (Å²) in [5.74, 6) is 2.40. The molecule has 0 saturated carbocycles. The van der Waals surface area contributed by atoms with Crippen molar-refractivity contribution < 1.29 is 23.5 Å². The van der Waals surface area contributed by atoms with E-state index in [1.807, 2.05) is 60.7 Å². The topological polar surface area (TPSA) is 82.8 Å². The predicted molar refractivity (Wildman–Crippen MR) is 146 cm³/mol. The van der Waals surface area contributed by atoms with Crippen LogP contribution in [0.15, 0.2) is 77.3 Å². The molecule has 7 heteroatoms. The van der Waals surface area contributed by atoms with Crippen molar-refractivity contribution in [3.63, 3.8) is 0 Å². The monoisotopic (exact) mass is 512 g/mol. The second-order valence-corrected chi connectivity index (χ2v) is 9.33. The zero-order valence-electron chi connectivity index (χ0n) is 21.7. The first-order chi connectivity index (χ1) is 18.7. The van der Waals surface area contributed by atoms with Crippen LogP contribution in [-0.4, -0.2) is 44.4 Å². The molecular weight excluding hydrogens is 480 g/mol. The van der Waals surface area contributed by atoms with Crippen LogP contribution in [0.2, 0.25) is 0 Å². The number of methoxy groups -OCH3 is 2. The van der Waals surface area contributed by atoms with Gasteiger partial charge in [-0.2, -0.15) is 0 Å². The molecule has 7 nitrogen and oxygen atoms in total. The Balaban J connectivity index is 1.40. The van der Waals surface area contributed by atoms with Gasteiger partial charge in [-0.15, -0.1) is 0 Å². The first-order valence-corrected chi connectivity index (χ1v) is 13.0. The smallest absolute Gasteiger partial charge is 0.199 e. The summed E-state index contributed by atoms with van der Waals surface area (Å²) >= 11 is 0. The largest absolute Gasteiger partial charge is 0.497 e. The van der Waals surface area contributed by atoms with Crippen molar-refractivity contribution in [1.82, 2.24) is 10.5 Å². The Hall–Kier alpha value is -4.10. The Labute approximate surface area is 222 Å². The average Bonchev–Trinajstić information content (AvgIpc) is 3.43. The summed E-state index contributed by atoms with van der Waals surface area (Å²) in [5, 5.41) is 7.85. The van der Waals surface area contributed by atoms with Gasteiger partial charge in [-0.25, -0.2) is 0 Å². The van der Waals surface area contributed by atoms with Gasteiger partial charge in [0.15, 0.2) is 11.5 Å². The van der Waals surface area contributed by atoms with Gasteiger partial charge in [0, 0.05) is 22.7 Å². The van der Waals surface area contributed by atoms with Crippen molar-refractivity contribution in [1.29, 1.82) is 0 Å². The summed E-state index contributed by atoms with van der Waals surface area (Å²) in [6.07, 6.45) is 4.69. The highest BCUT2D eigenvalue weighted by atomic mass is 16.5. The molecule has 1 aliphatic heterocycles. The maximum atomic E-state index is 13.9. The SMILES string of the molecule is COc1ccc(-c2noc(-c3ccc(OC)cc3)c2C(=O)c2ccc(OCCC3CCCCN3)cc2)cc1. The molecule has 4 aromatic rings. The van der Waals surface area contributed by atoms with E-state index in [9.17, 15) is 4.79 Å². The van der Waals surface area contributed by atoms with Crippen molar-refractivity contribution in [2.24, 2.45) is 0 Å². The molecule has 1 atom stereocenters. The Bertz CT molecular complexity index is 1270. The van der Waals surface area contributed by atoms with Crippen LogP contribution in [0, 0.1) is 0 Å². The summed E-state index contributed by atoms with van der Waals surface area (Å²) < 4.78 is 22.3. The van der Waals surface area contributed by atoms with E-state index in [4.69, 9.17) is 18.7 Å². The second-order valence-electron chi connectivity index (χ2n) is 9.33. The minimum atomic E-state index is -0.180. The van der Waals surface area contributed by atoms with Crippen LogP contribution in [-0.2, 0) is 0 Å². The number of ketones is 1. The summed E-state index contributed by atoms with van der Waals surface area (Å²) in [6, 6.07) is 22.5. The maximum absolute atomic E-state index is 13.9. The zero-order chi connectivity index (χ0) is 26.3. The number of rotatable bonds is 10. The molecule has 0 spiro atoms. The van der Waals surface area contributed by atoms with Crippen LogP contribution in [0.5, 0.6) is 17.2 Å². The number of hydrogen-bond acceptors (Lipinski definition) is 7. The molecule has 1 aromatic heterocycles. The fourth-order valence-electron chi connectivity index (χ4n) is 4.72. The predicted octanol–water partition coefficient (Wildman–Crippen LogP) is 6.17. The summed E-state index contributed by atoms with van der Waals surface area (Å²) in [4.78, 5) is 13.9. The van der Waals surface area contributed by atoms with Crippen LogP contribution < -0.4 is 19.5 Å². The van der Waals surface area contributed by atoms with Gasteiger partial charge in [0.2, 0.25) is 0 Å². The highest BCUT2D eigenvalue weighted by Crippen LogP contribution is 2.35. The van der Waals surface area contributed by atoms with Crippen LogP contribution >= 0.6 is 0 Å². The lowest BCUT2D eigenvalue weighted by Gasteiger charge is -2.23. The standard InChI is InChI=1S/C31H32N2O5/c1-35-25-12-6-21(7-13-25)29-28(31(38-33-29)23-10-14-26(36-2)15-11-23)30(34)22-8-16-27(17-9-22)37-20-18-24-5-3-4-19-32-24/h6-17,24,32H,3-5,18-20H2,1-2H3. The zero-order valence-corrected chi connectivity index (χ0v) is 21.7. The number of nitrogens with zero attached hydrogens (tertiary/aromatic N) is 1. The molecular formula is C31H32N2O5. The Morgan fingerprint density at radius 1 is 0.868 bits per heavy atom. The Kier molecular flexibility index (Phi) is 8.04. The fourth-order valence-corrected chi connectivity index (χ4v) is 4.72. The van der Waals surface area contributed by atoms with Gasteiger partial charge in [0.05, 0.1) is 26.4 Å². The van der Waals surface area contributed by atoms with Crippen molar-refractivity contribution in [2.45, 2.75) is 31.7 Å². The summed E-state index contributed by atoms with van der Waals surface area (Å²) in [7, 11) is 3.22. The van der Waals surface area contributed by atoms with Gasteiger partial charge in [-0.05, 0) is 98.6 Å². The van der Waals surface area contributed by atoms with E-state index in [1.165, 1.54) is 19.3 Å². The molecule has 1 aliphatic rings. The van der Waals surface area contributed by atoms with E-state index in [2.05, 4.69) is 10.5 Å². The van der Waals surface area contributed by atoms with Gasteiger partial charge >= 0.3 is 0 Å². The lowest BCUT2D eigenvalue weighted by atomic mass is 9.95. The van der Waals surface area contributed by atoms with E-state index < -0.39 is 0 Å². The van der Waals surface area contributed by atoms with Gasteiger partial charge in [0.1, 0.15) is 22.9 Å². The first-order valence-electron chi connectivity index (χ1n) is 13.0. The van der Waals surface area contributed by atoms with Gasteiger partial charge in [0.25, 0.3) is 0 Å². The number of benzene rings is 3. The lowest BCUT2D eigenvalue weighted by Crippen LogP contribution is -2.35. The molecule has 1 N–H and O–H groups in total. The molecule has 5 rings (SSSR count). The third-order valence-electron chi connectivity index (χ3n) is 6.90. The Morgan fingerprint density at radius 2 is 1.50 bits per heavy atom. The molecule has 1 unspecified atom stereocenters. The van der Waals surface area contributed by atoms with Crippen LogP contribution in [0.25, 0.3) is 22.6 Å². The average molecular weight is 513 g/mol. The maximum Gasteiger partial charge on any atom is 0.199 e. The molecule has 2 heterocycles. The molecule has 1 saturated heterocycles. The number of piperidine rings is 1. The molecule has 196 valence electrons. The van der Waals surface area contributed by atoms with Gasteiger partial charge in [-0.1, -0.05) is 11.6 Å². The molecule has 0 bridgehead atoms. The van der Waals surface area contributed by atoms with E-state index in [0.29, 0.717) is 41.0 Å². The van der Waals surface area contributed by atoms with Crippen LogP contribution in [0.1, 0.15) is 41.6 Å². The van der Waals surface area contributed by atoms with Crippen molar-refractivity contribution >= 4 is 5.78 Å². The van der Waals surface area contributed by atoms with Gasteiger partial charge < -0.3 is 24.1 Å². The molecule has 38 heavy (non-hydrogen) atoms. The van der Waals surface area contributed by atoms with Crippen molar-refractivity contribution in [3.8, 4) is 39.8 Å². The van der Waals surface area contributed by atoms with Crippen LogP contribution in [0.4, 0.5) is 0 Å². The highest BCUT2D eigenvalue weighted by molar-refractivity contribution is 6.15. The number of ether oxygens (including phenoxy) is 3. The lowest BCUT2D eigenvalue weighted by molar-refractivity contribution is 0.103. The van der Waals surface area contributed by atoms with E-state index in [1.54, 1.807) is 26.4 Å². The minimum Gasteiger partial charge on any atom is -0.497 e. The number of aromatic nitrogens is 1. The van der Waals surface area contributed by atoms with E-state index in [0.717, 1.165) is 35.6 Å². The molecule has 3 aromatic carbocycles. The molecule has 0 amide bonds. The Morgan fingerprint density at radius 3 is 2.11 bits per heavy atom. The quantitative estimate of drug-likeness (QED) is 0.255. The summed E-state index contributed by atoms with van der Waals surface area (Å²) in [5.41, 5.74) is 2.90. The molecule has 0 aliphatic carbocycles. The molecule has 1 fully saturated rings. The number of carbonyl (C=O) groups is 1. The summed E-state index contributed by atoms with van der Waals surface area (Å²) in [6.45, 7) is 1.72. The second kappa shape index (κ2) is 12.0. The first kappa shape index (κ1) is 25.5. The van der Waals surface area contributed by atoms with E-state index >= 15 is 0 Å². The van der Waals surface area contributed by atoms with Crippen molar-refractivity contribution in [2.75, 3.05) is 27.4 Å². The third kappa shape index (κ3) is 5.73. The third-order valence-corrected chi connectivity index (χ3v) is 6.90. The minimum absolute atomic E-state index is 0.180. The van der Waals surface area contributed by atoms with Crippen LogP contribution in [0.3, 0.4) is 0 Å². The molecule has 0 radical (unpaired) electrons. The van der Waals surface area contributed by atoms with Crippen molar-refractivity contribution in [3.05, 3.63) is 83.9 Å².